The molecular weight excluding hydrogens is 394 g/mol. The van der Waals surface area contributed by atoms with Crippen molar-refractivity contribution in [3.63, 3.8) is 0 Å². The highest BCUT2D eigenvalue weighted by atomic mass is 79.9. The van der Waals surface area contributed by atoms with Crippen LogP contribution in [0.4, 0.5) is 5.69 Å². The minimum atomic E-state index is -0.110. The number of rotatable bonds is 3. The van der Waals surface area contributed by atoms with Gasteiger partial charge in [0.05, 0.1) is 11.1 Å². The summed E-state index contributed by atoms with van der Waals surface area (Å²) in [6.45, 7) is 2.32. The highest BCUT2D eigenvalue weighted by molar-refractivity contribution is 9.10. The summed E-state index contributed by atoms with van der Waals surface area (Å²) in [7, 11) is 0. The van der Waals surface area contributed by atoms with Gasteiger partial charge in [0.2, 0.25) is 5.91 Å². The van der Waals surface area contributed by atoms with E-state index in [1.807, 2.05) is 43.3 Å². The zero-order valence-corrected chi connectivity index (χ0v) is 15.8. The molecule has 0 aliphatic carbocycles. The number of phenols is 1. The van der Waals surface area contributed by atoms with Gasteiger partial charge in [0, 0.05) is 18.0 Å². The molecule has 0 bridgehead atoms. The first-order valence-corrected chi connectivity index (χ1v) is 9.34. The number of ether oxygens (including phenoxy) is 1. The van der Waals surface area contributed by atoms with Crippen molar-refractivity contribution in [2.75, 3.05) is 11.9 Å². The number of fused-ring (bicyclic) bond motifs is 3. The molecule has 132 valence electrons. The van der Waals surface area contributed by atoms with Gasteiger partial charge in [0.25, 0.3) is 0 Å². The second kappa shape index (κ2) is 6.65. The molecule has 26 heavy (non-hydrogen) atoms. The monoisotopic (exact) mass is 411 g/mol. The Morgan fingerprint density at radius 1 is 1.23 bits per heavy atom. The first kappa shape index (κ1) is 16.9. The highest BCUT2D eigenvalue weighted by Crippen LogP contribution is 2.45. The Morgan fingerprint density at radius 3 is 2.85 bits per heavy atom. The van der Waals surface area contributed by atoms with Gasteiger partial charge in [-0.3, -0.25) is 4.79 Å². The lowest BCUT2D eigenvalue weighted by Crippen LogP contribution is -2.23. The molecule has 0 aromatic heterocycles. The van der Waals surface area contributed by atoms with E-state index in [0.717, 1.165) is 27.6 Å². The van der Waals surface area contributed by atoms with Gasteiger partial charge in [-0.25, -0.2) is 0 Å². The zero-order valence-electron chi connectivity index (χ0n) is 14.3. The number of amides is 1. The molecule has 0 spiro atoms. The van der Waals surface area contributed by atoms with Crippen molar-refractivity contribution in [1.82, 2.24) is 0 Å². The summed E-state index contributed by atoms with van der Waals surface area (Å²) in [5.74, 6) is 0.375. The van der Waals surface area contributed by atoms with Crippen molar-refractivity contribution in [3.05, 3.63) is 64.1 Å². The summed E-state index contributed by atoms with van der Waals surface area (Å²) < 4.78 is 6.13. The number of nitrogens with one attached hydrogen (secondary N) is 1. The Bertz CT molecular complexity index is 1020. The SMILES string of the molecule is CCOc1cc([C@H]2CC(=O)Nc3ccc4ccccc4c32)cc(Br)c1O. The van der Waals surface area contributed by atoms with Crippen LogP contribution in [0.25, 0.3) is 10.8 Å². The van der Waals surface area contributed by atoms with Gasteiger partial charge in [-0.1, -0.05) is 30.3 Å². The number of carbonyl (C=O) groups is 1. The van der Waals surface area contributed by atoms with Crippen LogP contribution < -0.4 is 10.1 Å². The van der Waals surface area contributed by atoms with E-state index in [2.05, 4.69) is 33.4 Å². The van der Waals surface area contributed by atoms with E-state index in [1.165, 1.54) is 0 Å². The third-order valence-electron chi connectivity index (χ3n) is 4.74. The van der Waals surface area contributed by atoms with Crippen molar-refractivity contribution in [1.29, 1.82) is 0 Å². The van der Waals surface area contributed by atoms with E-state index in [9.17, 15) is 9.90 Å². The fourth-order valence-corrected chi connectivity index (χ4v) is 4.07. The lowest BCUT2D eigenvalue weighted by Gasteiger charge is -2.28. The molecule has 3 aromatic rings. The number of benzene rings is 3. The van der Waals surface area contributed by atoms with Gasteiger partial charge < -0.3 is 15.2 Å². The average Bonchev–Trinajstić information content (AvgIpc) is 2.64. The van der Waals surface area contributed by atoms with Crippen LogP contribution in [0.15, 0.2) is 53.0 Å². The highest BCUT2D eigenvalue weighted by Gasteiger charge is 2.29. The minimum absolute atomic E-state index is 0.0139. The first-order chi connectivity index (χ1) is 12.6. The van der Waals surface area contributed by atoms with Gasteiger partial charge >= 0.3 is 0 Å². The normalized spacial score (nSPS) is 16.2. The molecule has 0 fully saturated rings. The molecule has 1 heterocycles. The van der Waals surface area contributed by atoms with Gasteiger partial charge in [0.15, 0.2) is 11.5 Å². The molecule has 1 aliphatic rings. The van der Waals surface area contributed by atoms with Crippen LogP contribution in [0.3, 0.4) is 0 Å². The first-order valence-electron chi connectivity index (χ1n) is 8.55. The summed E-state index contributed by atoms with van der Waals surface area (Å²) >= 11 is 3.41. The van der Waals surface area contributed by atoms with Crippen molar-refractivity contribution in [2.45, 2.75) is 19.3 Å². The largest absolute Gasteiger partial charge is 0.503 e. The molecule has 1 aliphatic heterocycles. The Balaban J connectivity index is 1.94. The summed E-state index contributed by atoms with van der Waals surface area (Å²) in [4.78, 5) is 12.3. The van der Waals surface area contributed by atoms with Crippen LogP contribution in [-0.2, 0) is 4.79 Å². The van der Waals surface area contributed by atoms with Gasteiger partial charge in [0.1, 0.15) is 0 Å². The van der Waals surface area contributed by atoms with Gasteiger partial charge in [-0.2, -0.15) is 0 Å². The van der Waals surface area contributed by atoms with Crippen molar-refractivity contribution in [2.24, 2.45) is 0 Å². The average molecular weight is 412 g/mol. The maximum absolute atomic E-state index is 12.3. The number of hydrogen-bond acceptors (Lipinski definition) is 3. The van der Waals surface area contributed by atoms with Gasteiger partial charge in [-0.15, -0.1) is 0 Å². The molecule has 0 radical (unpaired) electrons. The quantitative estimate of drug-likeness (QED) is 0.623. The lowest BCUT2D eigenvalue weighted by atomic mass is 9.82. The maximum Gasteiger partial charge on any atom is 0.225 e. The van der Waals surface area contributed by atoms with Gasteiger partial charge in [-0.05, 0) is 63.0 Å². The van der Waals surface area contributed by atoms with Crippen molar-refractivity contribution >= 4 is 38.3 Å². The molecule has 2 N–H and O–H groups in total. The maximum atomic E-state index is 12.3. The fraction of sp³-hybridized carbons (Fsp3) is 0.190. The second-order valence-electron chi connectivity index (χ2n) is 6.34. The number of aromatic hydroxyl groups is 1. The summed E-state index contributed by atoms with van der Waals surface area (Å²) in [6.07, 6.45) is 0.351. The molecule has 1 atom stereocenters. The Hall–Kier alpha value is -2.53. The predicted octanol–water partition coefficient (Wildman–Crippen LogP) is 5.18. The molecule has 4 rings (SSSR count). The van der Waals surface area contributed by atoms with E-state index in [1.54, 1.807) is 0 Å². The number of carbonyl (C=O) groups excluding carboxylic acids is 1. The molecular formula is C21H18BrNO3. The summed E-state index contributed by atoms with van der Waals surface area (Å²) in [5.41, 5.74) is 2.88. The van der Waals surface area contributed by atoms with E-state index < -0.39 is 0 Å². The second-order valence-corrected chi connectivity index (χ2v) is 7.19. The van der Waals surface area contributed by atoms with E-state index in [-0.39, 0.29) is 17.6 Å². The number of halogens is 1. The smallest absolute Gasteiger partial charge is 0.225 e. The molecule has 4 nitrogen and oxygen atoms in total. The van der Waals surface area contributed by atoms with Crippen LogP contribution in [0.2, 0.25) is 0 Å². The van der Waals surface area contributed by atoms with Crippen molar-refractivity contribution < 1.29 is 14.6 Å². The fourth-order valence-electron chi connectivity index (χ4n) is 3.61. The van der Waals surface area contributed by atoms with Crippen LogP contribution in [-0.4, -0.2) is 17.6 Å². The van der Waals surface area contributed by atoms with E-state index >= 15 is 0 Å². The van der Waals surface area contributed by atoms with Crippen molar-refractivity contribution in [3.8, 4) is 11.5 Å². The van der Waals surface area contributed by atoms with Crippen LogP contribution >= 0.6 is 15.9 Å². The van der Waals surface area contributed by atoms with E-state index in [4.69, 9.17) is 4.74 Å². The summed E-state index contributed by atoms with van der Waals surface area (Å²) in [5, 5.41) is 15.5. The summed E-state index contributed by atoms with van der Waals surface area (Å²) in [6, 6.07) is 15.9. The molecule has 3 aromatic carbocycles. The molecule has 5 heteroatoms. The standard InChI is InChI=1S/C21H18BrNO3/c1-2-26-18-10-13(9-16(22)21(18)25)15-11-19(24)23-17-8-7-12-5-3-4-6-14(12)20(15)17/h3-10,15,25H,2,11H2,1H3,(H,23,24)/t15-/m1/s1. The molecule has 0 saturated carbocycles. The number of hydrogen-bond donors (Lipinski definition) is 2. The third-order valence-corrected chi connectivity index (χ3v) is 5.34. The topological polar surface area (TPSA) is 58.6 Å². The Morgan fingerprint density at radius 2 is 2.04 bits per heavy atom. The minimum Gasteiger partial charge on any atom is -0.503 e. The third kappa shape index (κ3) is 2.82. The van der Waals surface area contributed by atoms with E-state index in [0.29, 0.717) is 23.2 Å². The lowest BCUT2D eigenvalue weighted by molar-refractivity contribution is -0.116. The number of anilines is 1. The predicted molar refractivity (Wildman–Crippen MR) is 106 cm³/mol. The Kier molecular flexibility index (Phi) is 4.32. The number of phenolic OH excluding ortho intramolecular Hbond substituents is 1. The van der Waals surface area contributed by atoms with Crippen LogP contribution in [0.5, 0.6) is 11.5 Å². The van der Waals surface area contributed by atoms with Crippen LogP contribution in [0.1, 0.15) is 30.4 Å². The molecule has 1 amide bonds. The zero-order chi connectivity index (χ0) is 18.3. The Labute approximate surface area is 159 Å². The molecule has 0 unspecified atom stereocenters. The van der Waals surface area contributed by atoms with Crippen LogP contribution in [0, 0.1) is 0 Å². The molecule has 0 saturated heterocycles.